The molecule has 0 saturated carbocycles. The molecule has 5 nitrogen and oxygen atoms in total. The third-order valence-corrected chi connectivity index (χ3v) is 2.06. The second-order valence-corrected chi connectivity index (χ2v) is 3.28. The topological polar surface area (TPSA) is 77.0 Å². The first-order valence-corrected chi connectivity index (χ1v) is 4.74. The van der Waals surface area contributed by atoms with E-state index in [9.17, 15) is 4.39 Å². The Morgan fingerprint density at radius 3 is 3.00 bits per heavy atom. The van der Waals surface area contributed by atoms with Gasteiger partial charge in [-0.3, -0.25) is 0 Å². The minimum absolute atomic E-state index is 0.0858. The van der Waals surface area contributed by atoms with E-state index in [0.717, 1.165) is 0 Å². The second-order valence-electron chi connectivity index (χ2n) is 3.28. The number of hydrogen-bond acceptors (Lipinski definition) is 5. The third-order valence-electron chi connectivity index (χ3n) is 2.06. The lowest BCUT2D eigenvalue weighted by Gasteiger charge is -2.07. The van der Waals surface area contributed by atoms with Gasteiger partial charge in [-0.1, -0.05) is 11.2 Å². The van der Waals surface area contributed by atoms with Gasteiger partial charge >= 0.3 is 0 Å². The van der Waals surface area contributed by atoms with Gasteiger partial charge in [-0.25, -0.2) is 4.39 Å². The van der Waals surface area contributed by atoms with Crippen molar-refractivity contribution in [2.75, 3.05) is 11.1 Å². The van der Waals surface area contributed by atoms with Crippen LogP contribution < -0.4 is 11.1 Å². The number of para-hydroxylation sites is 1. The molecular weight excluding hydrogens is 211 g/mol. The highest BCUT2D eigenvalue weighted by molar-refractivity contribution is 5.66. The maximum Gasteiger partial charge on any atom is 0.223 e. The minimum atomic E-state index is -0.450. The van der Waals surface area contributed by atoms with Crippen LogP contribution in [0.4, 0.5) is 15.8 Å². The summed E-state index contributed by atoms with van der Waals surface area (Å²) in [6.45, 7) is 2.04. The number of nitrogens with two attached hydrogens (primary N) is 1. The number of nitrogen functional groups attached to an aromatic ring is 1. The highest BCUT2D eigenvalue weighted by Gasteiger charge is 2.06. The van der Waals surface area contributed by atoms with Crippen molar-refractivity contribution in [3.63, 3.8) is 0 Å². The molecule has 0 aliphatic heterocycles. The van der Waals surface area contributed by atoms with E-state index in [0.29, 0.717) is 23.9 Å². The summed E-state index contributed by atoms with van der Waals surface area (Å²) >= 11 is 0. The van der Waals surface area contributed by atoms with Gasteiger partial charge in [0, 0.05) is 6.92 Å². The number of anilines is 2. The van der Waals surface area contributed by atoms with Gasteiger partial charge in [0.2, 0.25) is 5.89 Å². The second kappa shape index (κ2) is 4.18. The average Bonchev–Trinajstić information content (AvgIpc) is 2.67. The number of aryl methyl sites for hydroxylation is 1. The van der Waals surface area contributed by atoms with Gasteiger partial charge in [0.15, 0.2) is 5.82 Å². The fourth-order valence-electron chi connectivity index (χ4n) is 1.28. The molecule has 16 heavy (non-hydrogen) atoms. The zero-order chi connectivity index (χ0) is 11.5. The lowest BCUT2D eigenvalue weighted by Crippen LogP contribution is -2.05. The van der Waals surface area contributed by atoms with E-state index >= 15 is 0 Å². The zero-order valence-corrected chi connectivity index (χ0v) is 8.70. The smallest absolute Gasteiger partial charge is 0.223 e. The quantitative estimate of drug-likeness (QED) is 0.773. The van der Waals surface area contributed by atoms with E-state index in [4.69, 9.17) is 10.3 Å². The van der Waals surface area contributed by atoms with E-state index in [2.05, 4.69) is 15.5 Å². The van der Waals surface area contributed by atoms with Crippen molar-refractivity contribution in [1.82, 2.24) is 10.1 Å². The lowest BCUT2D eigenvalue weighted by atomic mass is 10.2. The molecule has 0 radical (unpaired) electrons. The Labute approximate surface area is 91.5 Å². The molecule has 0 spiro atoms. The van der Waals surface area contributed by atoms with Crippen LogP contribution >= 0.6 is 0 Å². The largest absolute Gasteiger partial charge is 0.395 e. The summed E-state index contributed by atoms with van der Waals surface area (Å²) in [7, 11) is 0. The molecule has 3 N–H and O–H groups in total. The standard InChI is InChI=1S/C10H11FN4O/c1-6-14-9(15-16-6)5-13-8-4-2-3-7(11)10(8)12/h2-4,13H,5,12H2,1H3. The zero-order valence-electron chi connectivity index (χ0n) is 8.70. The number of hydrogen-bond donors (Lipinski definition) is 2. The van der Waals surface area contributed by atoms with Crippen LogP contribution in [0, 0.1) is 12.7 Å². The molecule has 6 heteroatoms. The molecule has 2 rings (SSSR count). The van der Waals surface area contributed by atoms with Crippen LogP contribution in [0.15, 0.2) is 22.7 Å². The highest BCUT2D eigenvalue weighted by atomic mass is 19.1. The van der Waals surface area contributed by atoms with E-state index in [-0.39, 0.29) is 5.69 Å². The van der Waals surface area contributed by atoms with Gasteiger partial charge < -0.3 is 15.6 Å². The summed E-state index contributed by atoms with van der Waals surface area (Å²) in [5, 5.41) is 6.63. The Morgan fingerprint density at radius 2 is 2.31 bits per heavy atom. The number of nitrogens with zero attached hydrogens (tertiary/aromatic N) is 2. The van der Waals surface area contributed by atoms with Crippen LogP contribution in [-0.4, -0.2) is 10.1 Å². The summed E-state index contributed by atoms with van der Waals surface area (Å²) in [6, 6.07) is 4.57. The molecule has 0 fully saturated rings. The monoisotopic (exact) mass is 222 g/mol. The molecule has 0 aliphatic carbocycles. The number of aromatic nitrogens is 2. The average molecular weight is 222 g/mol. The van der Waals surface area contributed by atoms with Crippen LogP contribution in [0.2, 0.25) is 0 Å². The molecule has 1 aromatic carbocycles. The predicted octanol–water partition coefficient (Wildman–Crippen LogP) is 1.71. The molecule has 0 bridgehead atoms. The molecule has 1 aromatic heterocycles. The molecular formula is C10H11FN4O. The first kappa shape index (κ1) is 10.4. The van der Waals surface area contributed by atoms with Gasteiger partial charge in [-0.2, -0.15) is 4.98 Å². The fourth-order valence-corrected chi connectivity index (χ4v) is 1.28. The Hall–Kier alpha value is -2.11. The number of nitrogens with one attached hydrogen (secondary N) is 1. The van der Waals surface area contributed by atoms with Gasteiger partial charge in [-0.15, -0.1) is 0 Å². The maximum absolute atomic E-state index is 13.1. The summed E-state index contributed by atoms with van der Waals surface area (Å²) in [5.74, 6) is 0.541. The summed E-state index contributed by atoms with van der Waals surface area (Å²) in [4.78, 5) is 4.00. The molecule has 1 heterocycles. The molecule has 0 unspecified atom stereocenters. The highest BCUT2D eigenvalue weighted by Crippen LogP contribution is 2.21. The molecule has 0 amide bonds. The van der Waals surface area contributed by atoms with Crippen molar-refractivity contribution in [3.05, 3.63) is 35.7 Å². The minimum Gasteiger partial charge on any atom is -0.395 e. The fraction of sp³-hybridized carbons (Fsp3) is 0.200. The first-order chi connectivity index (χ1) is 7.66. The van der Waals surface area contributed by atoms with Crippen molar-refractivity contribution >= 4 is 11.4 Å². The van der Waals surface area contributed by atoms with Crippen molar-refractivity contribution in [2.45, 2.75) is 13.5 Å². The Bertz CT molecular complexity index is 497. The van der Waals surface area contributed by atoms with Crippen LogP contribution in [0.5, 0.6) is 0 Å². The van der Waals surface area contributed by atoms with E-state index in [1.54, 1.807) is 19.1 Å². The van der Waals surface area contributed by atoms with Crippen molar-refractivity contribution in [3.8, 4) is 0 Å². The van der Waals surface area contributed by atoms with Gasteiger partial charge in [0.25, 0.3) is 0 Å². The summed E-state index contributed by atoms with van der Waals surface area (Å²) in [5.41, 5.74) is 6.15. The Balaban J connectivity index is 2.07. The first-order valence-electron chi connectivity index (χ1n) is 4.74. The number of rotatable bonds is 3. The van der Waals surface area contributed by atoms with E-state index in [1.807, 2.05) is 0 Å². The van der Waals surface area contributed by atoms with Crippen molar-refractivity contribution < 1.29 is 8.91 Å². The van der Waals surface area contributed by atoms with Crippen LogP contribution in [0.1, 0.15) is 11.7 Å². The normalized spacial score (nSPS) is 10.4. The Kier molecular flexibility index (Phi) is 2.72. The predicted molar refractivity (Wildman–Crippen MR) is 57.2 cm³/mol. The van der Waals surface area contributed by atoms with Gasteiger partial charge in [0.05, 0.1) is 17.9 Å². The van der Waals surface area contributed by atoms with Crippen LogP contribution in [-0.2, 0) is 6.54 Å². The van der Waals surface area contributed by atoms with Crippen LogP contribution in [0.3, 0.4) is 0 Å². The van der Waals surface area contributed by atoms with Gasteiger partial charge in [0.1, 0.15) is 5.82 Å². The Morgan fingerprint density at radius 1 is 1.50 bits per heavy atom. The number of halogens is 1. The lowest BCUT2D eigenvalue weighted by molar-refractivity contribution is 0.388. The summed E-state index contributed by atoms with van der Waals surface area (Å²) < 4.78 is 17.9. The third kappa shape index (κ3) is 2.10. The van der Waals surface area contributed by atoms with Crippen molar-refractivity contribution in [1.29, 1.82) is 0 Å². The van der Waals surface area contributed by atoms with Gasteiger partial charge in [-0.05, 0) is 12.1 Å². The van der Waals surface area contributed by atoms with E-state index < -0.39 is 5.82 Å². The van der Waals surface area contributed by atoms with Crippen molar-refractivity contribution in [2.24, 2.45) is 0 Å². The SMILES string of the molecule is Cc1nc(CNc2cccc(F)c2N)no1. The van der Waals surface area contributed by atoms with E-state index in [1.165, 1.54) is 6.07 Å². The summed E-state index contributed by atoms with van der Waals surface area (Å²) in [6.07, 6.45) is 0. The molecule has 0 aliphatic rings. The number of benzene rings is 1. The molecule has 2 aromatic rings. The molecule has 0 saturated heterocycles. The van der Waals surface area contributed by atoms with Crippen LogP contribution in [0.25, 0.3) is 0 Å². The molecule has 0 atom stereocenters. The maximum atomic E-state index is 13.1. The molecule has 84 valence electrons.